The average molecular weight is 500 g/mol. The fourth-order valence-corrected chi connectivity index (χ4v) is 3.83. The Morgan fingerprint density at radius 1 is 1.03 bits per heavy atom. The van der Waals surface area contributed by atoms with Crippen LogP contribution < -0.4 is 4.72 Å². The van der Waals surface area contributed by atoms with E-state index in [2.05, 4.69) is 14.8 Å². The summed E-state index contributed by atoms with van der Waals surface area (Å²) in [5, 5.41) is 3.79. The number of nitrogens with one attached hydrogen (secondary N) is 1. The highest BCUT2D eigenvalue weighted by Crippen LogP contribution is 2.33. The second-order valence-corrected chi connectivity index (χ2v) is 8.55. The molecule has 0 aliphatic rings. The van der Waals surface area contributed by atoms with Crippen LogP contribution >= 0.6 is 11.9 Å². The first-order valence-electron chi connectivity index (χ1n) is 10.5. The predicted octanol–water partition coefficient (Wildman–Crippen LogP) is 5.31. The smallest absolute Gasteiger partial charge is 0.296 e. The van der Waals surface area contributed by atoms with Gasteiger partial charge in [0.25, 0.3) is 0 Å². The van der Waals surface area contributed by atoms with Crippen molar-refractivity contribution in [1.29, 1.82) is 0 Å². The van der Waals surface area contributed by atoms with Gasteiger partial charge in [0.15, 0.2) is 5.69 Å². The van der Waals surface area contributed by atoms with E-state index in [0.717, 1.165) is 23.6 Å². The van der Waals surface area contributed by atoms with Gasteiger partial charge in [0, 0.05) is 35.7 Å². The van der Waals surface area contributed by atoms with E-state index in [4.69, 9.17) is 0 Å². The summed E-state index contributed by atoms with van der Waals surface area (Å²) in [6, 6.07) is 14.8. The molecule has 0 aliphatic heterocycles. The summed E-state index contributed by atoms with van der Waals surface area (Å²) < 4.78 is 45.3. The standard InChI is InChI=1S/C24H20F3N5O2S/c1-16-2-4-17(5-3-16)20-14-21(24(25,26)27)29-32(20)18-6-8-19(9-7-18)35-30-22(33)10-11-23(34)31-13-12-28-15-31/h2-9,12-15H,10-11H2,1H3,(H,30,33). The molecule has 35 heavy (non-hydrogen) atoms. The molecule has 7 nitrogen and oxygen atoms in total. The summed E-state index contributed by atoms with van der Waals surface area (Å²) in [5.74, 6) is -0.565. The van der Waals surface area contributed by atoms with Crippen molar-refractivity contribution in [2.24, 2.45) is 0 Å². The molecule has 1 N–H and O–H groups in total. The number of nitrogens with zero attached hydrogens (tertiary/aromatic N) is 4. The summed E-state index contributed by atoms with van der Waals surface area (Å²) in [6.45, 7) is 1.90. The molecule has 180 valence electrons. The molecule has 0 spiro atoms. The van der Waals surface area contributed by atoms with Gasteiger partial charge in [0.1, 0.15) is 6.33 Å². The minimum atomic E-state index is -4.58. The molecule has 0 radical (unpaired) electrons. The molecular weight excluding hydrogens is 479 g/mol. The van der Waals surface area contributed by atoms with Crippen molar-refractivity contribution < 1.29 is 22.8 Å². The average Bonchev–Trinajstić information content (AvgIpc) is 3.53. The Bertz CT molecular complexity index is 1310. The Kier molecular flexibility index (Phi) is 7.06. The monoisotopic (exact) mass is 499 g/mol. The van der Waals surface area contributed by atoms with Crippen LogP contribution in [-0.2, 0) is 11.0 Å². The zero-order valence-corrected chi connectivity index (χ0v) is 19.3. The molecule has 0 bridgehead atoms. The molecule has 0 aliphatic carbocycles. The van der Waals surface area contributed by atoms with Crippen LogP contribution in [0.2, 0.25) is 0 Å². The first-order valence-corrected chi connectivity index (χ1v) is 11.3. The van der Waals surface area contributed by atoms with E-state index in [1.54, 1.807) is 36.4 Å². The number of carbonyl (C=O) groups excluding carboxylic acids is 2. The second-order valence-electron chi connectivity index (χ2n) is 7.68. The van der Waals surface area contributed by atoms with Crippen molar-refractivity contribution >= 4 is 23.8 Å². The summed E-state index contributed by atoms with van der Waals surface area (Å²) in [6.07, 6.45) is -0.172. The third-order valence-electron chi connectivity index (χ3n) is 5.07. The molecule has 2 heterocycles. The van der Waals surface area contributed by atoms with E-state index in [-0.39, 0.29) is 24.7 Å². The highest BCUT2D eigenvalue weighted by Gasteiger charge is 2.35. The van der Waals surface area contributed by atoms with Crippen LogP contribution in [0.15, 0.2) is 78.2 Å². The number of rotatable bonds is 7. The molecule has 1 amide bonds. The Hall–Kier alpha value is -3.86. The number of carbonyl (C=O) groups is 2. The van der Waals surface area contributed by atoms with Gasteiger partial charge in [0.05, 0.1) is 11.4 Å². The maximum atomic E-state index is 13.4. The van der Waals surface area contributed by atoms with Crippen molar-refractivity contribution in [2.45, 2.75) is 30.8 Å². The number of imidazole rings is 1. The Labute approximate surface area is 203 Å². The lowest BCUT2D eigenvalue weighted by Gasteiger charge is -2.09. The highest BCUT2D eigenvalue weighted by atomic mass is 32.2. The SMILES string of the molecule is Cc1ccc(-c2cc(C(F)(F)F)nn2-c2ccc(SNC(=O)CCC(=O)n3ccnc3)cc2)cc1. The van der Waals surface area contributed by atoms with Gasteiger partial charge in [0.2, 0.25) is 11.8 Å². The zero-order valence-electron chi connectivity index (χ0n) is 18.5. The highest BCUT2D eigenvalue weighted by molar-refractivity contribution is 7.98. The van der Waals surface area contributed by atoms with Crippen LogP contribution in [-0.4, -0.2) is 31.1 Å². The summed E-state index contributed by atoms with van der Waals surface area (Å²) in [4.78, 5) is 28.5. The minimum Gasteiger partial charge on any atom is -0.296 e. The number of alkyl halides is 3. The molecule has 0 saturated heterocycles. The first-order chi connectivity index (χ1) is 16.7. The molecular formula is C24H20F3N5O2S. The van der Waals surface area contributed by atoms with Crippen LogP contribution in [0, 0.1) is 6.92 Å². The Balaban J connectivity index is 1.44. The normalized spacial score (nSPS) is 11.4. The summed E-state index contributed by atoms with van der Waals surface area (Å²) in [5.41, 5.74) is 1.37. The first kappa shape index (κ1) is 24.3. The van der Waals surface area contributed by atoms with Crippen LogP contribution in [0.5, 0.6) is 0 Å². The number of hydrogen-bond donors (Lipinski definition) is 1. The van der Waals surface area contributed by atoms with Crippen molar-refractivity contribution in [3.63, 3.8) is 0 Å². The number of hydrogen-bond acceptors (Lipinski definition) is 5. The van der Waals surface area contributed by atoms with E-state index in [0.29, 0.717) is 21.8 Å². The largest absolute Gasteiger partial charge is 0.435 e. The third-order valence-corrected chi connectivity index (χ3v) is 5.91. The van der Waals surface area contributed by atoms with Gasteiger partial charge in [-0.05, 0) is 49.2 Å². The fraction of sp³-hybridized carbons (Fsp3) is 0.167. The maximum absolute atomic E-state index is 13.4. The van der Waals surface area contributed by atoms with Gasteiger partial charge in [-0.15, -0.1) is 0 Å². The minimum absolute atomic E-state index is 0.00944. The fourth-order valence-electron chi connectivity index (χ4n) is 3.22. The van der Waals surface area contributed by atoms with Crippen LogP contribution in [0.4, 0.5) is 13.2 Å². The Morgan fingerprint density at radius 2 is 1.74 bits per heavy atom. The number of halogens is 3. The lowest BCUT2D eigenvalue weighted by atomic mass is 10.1. The van der Waals surface area contributed by atoms with Crippen LogP contribution in [0.3, 0.4) is 0 Å². The van der Waals surface area contributed by atoms with Crippen molar-refractivity contribution in [1.82, 2.24) is 24.1 Å². The number of aryl methyl sites for hydroxylation is 1. The van der Waals surface area contributed by atoms with Crippen molar-refractivity contribution in [2.75, 3.05) is 0 Å². The molecule has 4 aromatic rings. The quantitative estimate of drug-likeness (QED) is 0.349. The van der Waals surface area contributed by atoms with E-state index < -0.39 is 11.9 Å². The van der Waals surface area contributed by atoms with Gasteiger partial charge < -0.3 is 0 Å². The molecule has 4 rings (SSSR count). The van der Waals surface area contributed by atoms with E-state index in [1.807, 2.05) is 19.1 Å². The van der Waals surface area contributed by atoms with Crippen LogP contribution in [0.25, 0.3) is 16.9 Å². The van der Waals surface area contributed by atoms with E-state index in [1.165, 1.54) is 28.0 Å². The molecule has 0 fully saturated rings. The zero-order chi connectivity index (χ0) is 25.0. The Morgan fingerprint density at radius 3 is 2.37 bits per heavy atom. The van der Waals surface area contributed by atoms with Crippen molar-refractivity contribution in [3.05, 3.63) is 84.6 Å². The summed E-state index contributed by atoms with van der Waals surface area (Å²) in [7, 11) is 0. The molecule has 0 atom stereocenters. The van der Waals surface area contributed by atoms with Gasteiger partial charge in [-0.25, -0.2) is 9.67 Å². The molecule has 2 aromatic heterocycles. The number of aromatic nitrogens is 4. The lowest BCUT2D eigenvalue weighted by molar-refractivity contribution is -0.141. The molecule has 2 aromatic carbocycles. The number of benzene rings is 2. The van der Waals surface area contributed by atoms with Crippen LogP contribution in [0.1, 0.15) is 28.9 Å². The van der Waals surface area contributed by atoms with Gasteiger partial charge in [-0.2, -0.15) is 18.3 Å². The molecule has 0 saturated carbocycles. The topological polar surface area (TPSA) is 81.8 Å². The molecule has 11 heteroatoms. The van der Waals surface area contributed by atoms with Gasteiger partial charge in [-0.3, -0.25) is 18.9 Å². The third kappa shape index (κ3) is 5.99. The van der Waals surface area contributed by atoms with E-state index >= 15 is 0 Å². The molecule has 0 unspecified atom stereocenters. The second kappa shape index (κ2) is 10.2. The summed E-state index contributed by atoms with van der Waals surface area (Å²) >= 11 is 1.05. The van der Waals surface area contributed by atoms with E-state index in [9.17, 15) is 22.8 Å². The lowest BCUT2D eigenvalue weighted by Crippen LogP contribution is -2.18. The van der Waals surface area contributed by atoms with Gasteiger partial charge in [-0.1, -0.05) is 29.8 Å². The predicted molar refractivity (Wildman–Crippen MR) is 125 cm³/mol. The maximum Gasteiger partial charge on any atom is 0.435 e. The van der Waals surface area contributed by atoms with Gasteiger partial charge >= 0.3 is 6.18 Å². The van der Waals surface area contributed by atoms with Crippen molar-refractivity contribution in [3.8, 4) is 16.9 Å². The number of amides is 1.